The molecule has 144 valence electrons. The van der Waals surface area contributed by atoms with Crippen molar-refractivity contribution in [1.29, 1.82) is 0 Å². The van der Waals surface area contributed by atoms with Gasteiger partial charge in [-0.3, -0.25) is 14.9 Å². The molecule has 0 unspecified atom stereocenters. The molecule has 0 fully saturated rings. The number of hydrogen-bond acceptors (Lipinski definition) is 6. The Morgan fingerprint density at radius 1 is 1.04 bits per heavy atom. The van der Waals surface area contributed by atoms with Crippen LogP contribution < -0.4 is 10.3 Å². The minimum Gasteiger partial charge on any atom is -0.268 e. The molecule has 0 aliphatic carbocycles. The number of rotatable bonds is 7. The standard InChI is InChI=1S/C18H16N4O5S/c23-18-10-9-17(14-5-2-1-3-6-14)20-21(18)12-11-19-28(26,27)16-8-4-7-15(13-16)22(24)25/h1-10,13,19H,11-12H2. The largest absolute Gasteiger partial charge is 0.270 e. The second-order valence-electron chi connectivity index (χ2n) is 5.80. The summed E-state index contributed by atoms with van der Waals surface area (Å²) >= 11 is 0. The quantitative estimate of drug-likeness (QED) is 0.476. The Labute approximate surface area is 160 Å². The highest BCUT2D eigenvalue weighted by atomic mass is 32.2. The zero-order valence-electron chi connectivity index (χ0n) is 14.6. The Kier molecular flexibility index (Phi) is 5.62. The Hall–Kier alpha value is -3.37. The molecule has 10 heteroatoms. The van der Waals surface area contributed by atoms with Gasteiger partial charge >= 0.3 is 0 Å². The maximum Gasteiger partial charge on any atom is 0.270 e. The number of nitro groups is 1. The average molecular weight is 400 g/mol. The van der Waals surface area contributed by atoms with Crippen LogP contribution in [0.5, 0.6) is 0 Å². The normalized spacial score (nSPS) is 11.3. The second-order valence-corrected chi connectivity index (χ2v) is 7.57. The molecule has 28 heavy (non-hydrogen) atoms. The Balaban J connectivity index is 1.73. The van der Waals surface area contributed by atoms with Crippen LogP contribution >= 0.6 is 0 Å². The molecule has 1 heterocycles. The van der Waals surface area contributed by atoms with Crippen LogP contribution in [0.2, 0.25) is 0 Å². The Bertz CT molecular complexity index is 1160. The number of benzene rings is 2. The summed E-state index contributed by atoms with van der Waals surface area (Å²) in [6, 6.07) is 17.0. The maximum absolute atomic E-state index is 12.3. The van der Waals surface area contributed by atoms with E-state index in [0.29, 0.717) is 5.69 Å². The van der Waals surface area contributed by atoms with E-state index in [-0.39, 0.29) is 29.2 Å². The predicted molar refractivity (Wildman–Crippen MR) is 102 cm³/mol. The van der Waals surface area contributed by atoms with Gasteiger partial charge < -0.3 is 0 Å². The van der Waals surface area contributed by atoms with Crippen LogP contribution in [0.1, 0.15) is 0 Å². The molecule has 2 aromatic carbocycles. The highest BCUT2D eigenvalue weighted by Crippen LogP contribution is 2.17. The third-order valence-electron chi connectivity index (χ3n) is 3.89. The molecule has 9 nitrogen and oxygen atoms in total. The van der Waals surface area contributed by atoms with Crippen LogP contribution in [0.3, 0.4) is 0 Å². The van der Waals surface area contributed by atoms with Gasteiger partial charge in [0.25, 0.3) is 11.2 Å². The van der Waals surface area contributed by atoms with Crippen LogP contribution in [0, 0.1) is 10.1 Å². The van der Waals surface area contributed by atoms with Gasteiger partial charge in [0.15, 0.2) is 0 Å². The fourth-order valence-corrected chi connectivity index (χ4v) is 3.57. The Morgan fingerprint density at radius 3 is 2.50 bits per heavy atom. The van der Waals surface area contributed by atoms with Gasteiger partial charge in [0.05, 0.1) is 22.1 Å². The van der Waals surface area contributed by atoms with Crippen molar-refractivity contribution < 1.29 is 13.3 Å². The van der Waals surface area contributed by atoms with Crippen LogP contribution in [0.25, 0.3) is 11.3 Å². The summed E-state index contributed by atoms with van der Waals surface area (Å²) < 4.78 is 28.1. The predicted octanol–water partition coefficient (Wildman–Crippen LogP) is 1.80. The van der Waals surface area contributed by atoms with E-state index in [1.807, 2.05) is 30.3 Å². The van der Waals surface area contributed by atoms with E-state index in [0.717, 1.165) is 16.3 Å². The number of nitrogens with zero attached hydrogens (tertiary/aromatic N) is 3. The van der Waals surface area contributed by atoms with Crippen molar-refractivity contribution in [3.8, 4) is 11.3 Å². The number of nitro benzene ring substituents is 1. The van der Waals surface area contributed by atoms with Crippen LogP contribution in [-0.2, 0) is 16.6 Å². The van der Waals surface area contributed by atoms with Crippen molar-refractivity contribution in [2.24, 2.45) is 0 Å². The molecule has 1 N–H and O–H groups in total. The number of non-ortho nitro benzene ring substituents is 1. The molecule has 0 radical (unpaired) electrons. The first-order valence-corrected chi connectivity index (χ1v) is 9.73. The Morgan fingerprint density at radius 2 is 1.79 bits per heavy atom. The SMILES string of the molecule is O=c1ccc(-c2ccccc2)nn1CCNS(=O)(=O)c1cccc([N+](=O)[O-])c1. The molecule has 3 rings (SSSR count). The van der Waals surface area contributed by atoms with Gasteiger partial charge in [-0.2, -0.15) is 5.10 Å². The molecule has 0 spiro atoms. The van der Waals surface area contributed by atoms with Crippen LogP contribution in [-0.4, -0.2) is 29.7 Å². The smallest absolute Gasteiger partial charge is 0.268 e. The lowest BCUT2D eigenvalue weighted by atomic mass is 10.1. The fraction of sp³-hybridized carbons (Fsp3) is 0.111. The minimum atomic E-state index is -3.96. The number of nitrogens with one attached hydrogen (secondary N) is 1. The lowest BCUT2D eigenvalue weighted by Crippen LogP contribution is -2.32. The molecule has 0 amide bonds. The van der Waals surface area contributed by atoms with Crippen molar-refractivity contribution in [3.63, 3.8) is 0 Å². The van der Waals surface area contributed by atoms with Crippen molar-refractivity contribution >= 4 is 15.7 Å². The van der Waals surface area contributed by atoms with Gasteiger partial charge in [-0.1, -0.05) is 36.4 Å². The van der Waals surface area contributed by atoms with E-state index in [1.54, 1.807) is 6.07 Å². The first-order chi connectivity index (χ1) is 13.4. The van der Waals surface area contributed by atoms with Gasteiger partial charge in [-0.05, 0) is 12.1 Å². The molecule has 0 aliphatic heterocycles. The van der Waals surface area contributed by atoms with Crippen molar-refractivity contribution in [2.45, 2.75) is 11.4 Å². The molecule has 0 saturated carbocycles. The van der Waals surface area contributed by atoms with Gasteiger partial charge in [-0.25, -0.2) is 17.8 Å². The summed E-state index contributed by atoms with van der Waals surface area (Å²) in [7, 11) is -3.96. The summed E-state index contributed by atoms with van der Waals surface area (Å²) in [6.45, 7) is -0.0934. The average Bonchev–Trinajstić information content (AvgIpc) is 2.70. The van der Waals surface area contributed by atoms with E-state index in [2.05, 4.69) is 9.82 Å². The first-order valence-electron chi connectivity index (χ1n) is 8.24. The number of sulfonamides is 1. The molecule has 0 saturated heterocycles. The molecular formula is C18H16N4O5S. The summed E-state index contributed by atoms with van der Waals surface area (Å²) in [6.07, 6.45) is 0. The zero-order chi connectivity index (χ0) is 20.1. The maximum atomic E-state index is 12.3. The zero-order valence-corrected chi connectivity index (χ0v) is 15.4. The topological polar surface area (TPSA) is 124 Å². The van der Waals surface area contributed by atoms with E-state index < -0.39 is 14.9 Å². The molecule has 0 aliphatic rings. The highest BCUT2D eigenvalue weighted by Gasteiger charge is 2.17. The van der Waals surface area contributed by atoms with Crippen LogP contribution in [0.4, 0.5) is 5.69 Å². The molecule has 0 bridgehead atoms. The van der Waals surface area contributed by atoms with Crippen molar-refractivity contribution in [1.82, 2.24) is 14.5 Å². The van der Waals surface area contributed by atoms with E-state index in [4.69, 9.17) is 0 Å². The van der Waals surface area contributed by atoms with E-state index >= 15 is 0 Å². The highest BCUT2D eigenvalue weighted by molar-refractivity contribution is 7.89. The number of aromatic nitrogens is 2. The van der Waals surface area contributed by atoms with Gasteiger partial charge in [0.1, 0.15) is 0 Å². The fourth-order valence-electron chi connectivity index (χ4n) is 2.51. The van der Waals surface area contributed by atoms with Gasteiger partial charge in [-0.15, -0.1) is 0 Å². The molecular weight excluding hydrogens is 384 g/mol. The lowest BCUT2D eigenvalue weighted by Gasteiger charge is -2.09. The third-order valence-corrected chi connectivity index (χ3v) is 5.35. The van der Waals surface area contributed by atoms with Crippen molar-refractivity contribution in [2.75, 3.05) is 6.54 Å². The minimum absolute atomic E-state index is 0.00760. The van der Waals surface area contributed by atoms with E-state index in [1.165, 1.54) is 24.3 Å². The van der Waals surface area contributed by atoms with Crippen LogP contribution in [0.15, 0.2) is 76.4 Å². The first kappa shape index (κ1) is 19.4. The summed E-state index contributed by atoms with van der Waals surface area (Å²) in [5, 5.41) is 15.1. The van der Waals surface area contributed by atoms with Gasteiger partial charge in [0.2, 0.25) is 10.0 Å². The molecule has 1 aromatic heterocycles. The number of hydrogen-bond donors (Lipinski definition) is 1. The molecule has 0 atom stereocenters. The van der Waals surface area contributed by atoms with Crippen molar-refractivity contribution in [3.05, 3.63) is 87.2 Å². The summed E-state index contributed by atoms with van der Waals surface area (Å²) in [4.78, 5) is 21.9. The lowest BCUT2D eigenvalue weighted by molar-refractivity contribution is -0.385. The molecule has 3 aromatic rings. The second kappa shape index (κ2) is 8.11. The summed E-state index contributed by atoms with van der Waals surface area (Å²) in [5.74, 6) is 0. The third kappa shape index (κ3) is 4.48. The van der Waals surface area contributed by atoms with Gasteiger partial charge in [0, 0.05) is 30.3 Å². The summed E-state index contributed by atoms with van der Waals surface area (Å²) in [5.41, 5.74) is 0.723. The van der Waals surface area contributed by atoms with E-state index in [9.17, 15) is 23.3 Å². The monoisotopic (exact) mass is 400 g/mol.